The van der Waals surface area contributed by atoms with Gasteiger partial charge in [0.1, 0.15) is 5.58 Å². The molecular weight excluding hydrogens is 202 g/mol. The Labute approximate surface area is 91.9 Å². The molecule has 0 unspecified atom stereocenters. The number of fused-ring (bicyclic) bond motifs is 3. The van der Waals surface area contributed by atoms with Crippen molar-refractivity contribution in [3.63, 3.8) is 0 Å². The van der Waals surface area contributed by atoms with E-state index in [4.69, 9.17) is 4.42 Å². The molecule has 0 aliphatic rings. The lowest BCUT2D eigenvalue weighted by Crippen LogP contribution is -2.17. The van der Waals surface area contributed by atoms with Gasteiger partial charge in [-0.2, -0.15) is 0 Å². The van der Waals surface area contributed by atoms with E-state index in [9.17, 15) is 4.79 Å². The third kappa shape index (κ3) is 0.999. The minimum atomic E-state index is -0.0000463. The topological polar surface area (TPSA) is 35.1 Å². The van der Waals surface area contributed by atoms with Crippen molar-refractivity contribution in [3.05, 3.63) is 46.4 Å². The molecule has 2 heterocycles. The Morgan fingerprint density at radius 1 is 1.25 bits per heavy atom. The van der Waals surface area contributed by atoms with Crippen molar-refractivity contribution >= 4 is 21.9 Å². The molecule has 0 saturated heterocycles. The molecule has 80 valence electrons. The molecule has 3 heteroatoms. The van der Waals surface area contributed by atoms with Crippen LogP contribution >= 0.6 is 0 Å². The molecule has 0 N–H and O–H groups in total. The normalized spacial score (nSPS) is 11.4. The van der Waals surface area contributed by atoms with Crippen LogP contribution in [0.4, 0.5) is 0 Å². The van der Waals surface area contributed by atoms with Crippen molar-refractivity contribution in [1.82, 2.24) is 4.57 Å². The molecule has 1 aromatic carbocycles. The zero-order chi connectivity index (χ0) is 11.3. The predicted octanol–water partition coefficient (Wildman–Crippen LogP) is 2.59. The number of pyridine rings is 1. The summed E-state index contributed by atoms with van der Waals surface area (Å²) in [6.07, 6.45) is 1.64. The smallest absolute Gasteiger partial charge is 0.262 e. The summed E-state index contributed by atoms with van der Waals surface area (Å²) in [6.45, 7) is 1.89. The molecule has 0 amide bonds. The van der Waals surface area contributed by atoms with Gasteiger partial charge >= 0.3 is 0 Å². The number of nitrogens with zero attached hydrogens (tertiary/aromatic N) is 1. The minimum absolute atomic E-state index is 0.0000463. The van der Waals surface area contributed by atoms with Crippen LogP contribution in [0.1, 0.15) is 5.56 Å². The molecular formula is C13H11NO2. The van der Waals surface area contributed by atoms with Crippen LogP contribution in [0, 0.1) is 6.92 Å². The van der Waals surface area contributed by atoms with E-state index >= 15 is 0 Å². The van der Waals surface area contributed by atoms with E-state index < -0.39 is 0 Å². The van der Waals surface area contributed by atoms with E-state index in [1.54, 1.807) is 17.9 Å². The summed E-state index contributed by atoms with van der Waals surface area (Å²) in [5.41, 5.74) is 2.48. The van der Waals surface area contributed by atoms with Gasteiger partial charge in [0.2, 0.25) is 0 Å². The summed E-state index contributed by atoms with van der Waals surface area (Å²) in [4.78, 5) is 12.1. The zero-order valence-corrected chi connectivity index (χ0v) is 9.15. The highest BCUT2D eigenvalue weighted by atomic mass is 16.3. The molecule has 3 aromatic rings. The maximum absolute atomic E-state index is 12.1. The summed E-state index contributed by atoms with van der Waals surface area (Å²) < 4.78 is 7.15. The predicted molar refractivity (Wildman–Crippen MR) is 63.7 cm³/mol. The first-order valence-corrected chi connectivity index (χ1v) is 5.15. The van der Waals surface area contributed by atoms with Gasteiger partial charge in [-0.15, -0.1) is 0 Å². The van der Waals surface area contributed by atoms with Crippen molar-refractivity contribution < 1.29 is 4.42 Å². The van der Waals surface area contributed by atoms with E-state index in [1.165, 1.54) is 0 Å². The van der Waals surface area contributed by atoms with Crippen LogP contribution in [0.25, 0.3) is 21.9 Å². The van der Waals surface area contributed by atoms with Crippen LogP contribution in [0.5, 0.6) is 0 Å². The Morgan fingerprint density at radius 2 is 2.00 bits per heavy atom. The van der Waals surface area contributed by atoms with Crippen molar-refractivity contribution in [2.24, 2.45) is 7.05 Å². The molecule has 3 rings (SSSR count). The molecule has 0 atom stereocenters. The molecule has 0 fully saturated rings. The van der Waals surface area contributed by atoms with Crippen molar-refractivity contribution in [3.8, 4) is 0 Å². The van der Waals surface area contributed by atoms with Gasteiger partial charge < -0.3 is 8.98 Å². The van der Waals surface area contributed by atoms with Crippen LogP contribution in [0.2, 0.25) is 0 Å². The van der Waals surface area contributed by atoms with Gasteiger partial charge in [-0.3, -0.25) is 4.79 Å². The number of para-hydroxylation sites is 1. The summed E-state index contributed by atoms with van der Waals surface area (Å²) in [6, 6.07) is 7.77. The van der Waals surface area contributed by atoms with Gasteiger partial charge in [0, 0.05) is 18.0 Å². The maximum atomic E-state index is 12.1. The van der Waals surface area contributed by atoms with Gasteiger partial charge in [-0.25, -0.2) is 0 Å². The molecule has 0 bridgehead atoms. The van der Waals surface area contributed by atoms with E-state index in [0.29, 0.717) is 11.0 Å². The first kappa shape index (κ1) is 9.21. The number of furan rings is 1. The number of hydrogen-bond donors (Lipinski definition) is 0. The number of benzene rings is 1. The summed E-state index contributed by atoms with van der Waals surface area (Å²) in [7, 11) is 1.79. The second kappa shape index (κ2) is 2.98. The molecule has 0 saturated carbocycles. The van der Waals surface area contributed by atoms with Gasteiger partial charge in [-0.05, 0) is 19.1 Å². The minimum Gasteiger partial charge on any atom is -0.463 e. The van der Waals surface area contributed by atoms with Crippen molar-refractivity contribution in [2.45, 2.75) is 6.92 Å². The van der Waals surface area contributed by atoms with Crippen molar-refractivity contribution in [2.75, 3.05) is 0 Å². The van der Waals surface area contributed by atoms with Gasteiger partial charge in [0.05, 0.1) is 17.2 Å². The van der Waals surface area contributed by atoms with E-state index in [2.05, 4.69) is 0 Å². The van der Waals surface area contributed by atoms with E-state index in [-0.39, 0.29) is 5.56 Å². The Bertz CT molecular complexity index is 750. The Kier molecular flexibility index (Phi) is 1.72. The molecule has 0 aliphatic carbocycles. The number of hydrogen-bond acceptors (Lipinski definition) is 2. The summed E-state index contributed by atoms with van der Waals surface area (Å²) in [5, 5.41) is 1.66. The van der Waals surface area contributed by atoms with Crippen LogP contribution in [0.15, 0.2) is 39.7 Å². The maximum Gasteiger partial charge on any atom is 0.262 e. The highest BCUT2D eigenvalue weighted by Crippen LogP contribution is 2.25. The van der Waals surface area contributed by atoms with Crippen LogP contribution < -0.4 is 5.56 Å². The quantitative estimate of drug-likeness (QED) is 0.575. The SMILES string of the molecule is Cc1coc2c1c(=O)n(C)c1ccccc21. The van der Waals surface area contributed by atoms with E-state index in [0.717, 1.165) is 16.5 Å². The van der Waals surface area contributed by atoms with Gasteiger partial charge in [-0.1, -0.05) is 12.1 Å². The molecule has 2 aromatic heterocycles. The molecule has 0 spiro atoms. The van der Waals surface area contributed by atoms with E-state index in [1.807, 2.05) is 31.2 Å². The average molecular weight is 213 g/mol. The summed E-state index contributed by atoms with van der Waals surface area (Å²) >= 11 is 0. The molecule has 0 aliphatic heterocycles. The lowest BCUT2D eigenvalue weighted by atomic mass is 10.1. The number of rotatable bonds is 0. The lowest BCUT2D eigenvalue weighted by Gasteiger charge is -2.04. The Hall–Kier alpha value is -2.03. The van der Waals surface area contributed by atoms with Gasteiger partial charge in [0.25, 0.3) is 5.56 Å². The highest BCUT2D eigenvalue weighted by molar-refractivity contribution is 6.03. The first-order chi connectivity index (χ1) is 7.70. The fourth-order valence-corrected chi connectivity index (χ4v) is 2.14. The average Bonchev–Trinajstić information content (AvgIpc) is 2.69. The fourth-order valence-electron chi connectivity index (χ4n) is 2.14. The Morgan fingerprint density at radius 3 is 2.81 bits per heavy atom. The van der Waals surface area contributed by atoms with Crippen LogP contribution in [0.3, 0.4) is 0 Å². The molecule has 0 radical (unpaired) electrons. The standard InChI is InChI=1S/C13H11NO2/c1-8-7-16-12-9-5-3-4-6-10(9)14(2)13(15)11(8)12/h3-7H,1-2H3. The zero-order valence-electron chi connectivity index (χ0n) is 9.15. The lowest BCUT2D eigenvalue weighted by molar-refractivity contribution is 0.615. The highest BCUT2D eigenvalue weighted by Gasteiger charge is 2.12. The second-order valence-corrected chi connectivity index (χ2v) is 4.00. The van der Waals surface area contributed by atoms with Crippen molar-refractivity contribution in [1.29, 1.82) is 0 Å². The molecule has 3 nitrogen and oxygen atoms in total. The van der Waals surface area contributed by atoms with Crippen LogP contribution in [-0.2, 0) is 7.05 Å². The van der Waals surface area contributed by atoms with Crippen LogP contribution in [-0.4, -0.2) is 4.57 Å². The molecule has 16 heavy (non-hydrogen) atoms. The largest absolute Gasteiger partial charge is 0.463 e. The third-order valence-corrected chi connectivity index (χ3v) is 3.00. The second-order valence-electron chi connectivity index (χ2n) is 4.00. The summed E-state index contributed by atoms with van der Waals surface area (Å²) in [5.74, 6) is 0. The number of aromatic nitrogens is 1. The monoisotopic (exact) mass is 213 g/mol. The van der Waals surface area contributed by atoms with Gasteiger partial charge in [0.15, 0.2) is 0 Å². The first-order valence-electron chi connectivity index (χ1n) is 5.15. The third-order valence-electron chi connectivity index (χ3n) is 3.00. The Balaban J connectivity index is 2.76. The fraction of sp³-hybridized carbons (Fsp3) is 0.154. The number of aryl methyl sites for hydroxylation is 2.